The quantitative estimate of drug-likeness (QED) is 0.307. The molecule has 0 fully saturated rings. The Balaban J connectivity index is 1.53. The van der Waals surface area contributed by atoms with Crippen LogP contribution < -0.4 is 20.7 Å². The minimum absolute atomic E-state index is 0.117. The number of hydrogen-bond donors (Lipinski definition) is 3. The van der Waals surface area contributed by atoms with Crippen LogP contribution >= 0.6 is 28.1 Å². The normalized spacial score (nSPS) is 10.6. The van der Waals surface area contributed by atoms with Crippen molar-refractivity contribution in [1.29, 1.82) is 0 Å². The summed E-state index contributed by atoms with van der Waals surface area (Å²) >= 11 is 8.73. The minimum atomic E-state index is -0.362. The maximum absolute atomic E-state index is 12.6. The molecule has 3 rings (SSSR count). The zero-order valence-corrected chi connectivity index (χ0v) is 21.3. The Morgan fingerprint density at radius 1 is 1.06 bits per heavy atom. The summed E-state index contributed by atoms with van der Waals surface area (Å²) in [5.41, 5.74) is 1.45. The standard InChI is InChI=1S/C25H26BrN3O4S/c1-16(2)10-12-33-22-9-8-18(14-21(22)26)24(31)29-25(34)28-19-6-3-5-17(13-19)23(30)27-15-20-7-4-11-32-20/h3-9,11,13-14,16H,10,12,15H2,1-2H3,(H,27,30)(H2,28,29,31,34). The zero-order chi connectivity index (χ0) is 24.5. The molecule has 3 aromatic rings. The second kappa shape index (κ2) is 12.3. The fourth-order valence-electron chi connectivity index (χ4n) is 2.92. The van der Waals surface area contributed by atoms with E-state index in [2.05, 4.69) is 45.7 Å². The van der Waals surface area contributed by atoms with E-state index in [-0.39, 0.29) is 23.5 Å². The lowest BCUT2D eigenvalue weighted by Gasteiger charge is -2.13. The van der Waals surface area contributed by atoms with E-state index in [4.69, 9.17) is 21.4 Å². The van der Waals surface area contributed by atoms with E-state index in [1.165, 1.54) is 0 Å². The molecule has 0 atom stereocenters. The van der Waals surface area contributed by atoms with Gasteiger partial charge in [-0.2, -0.15) is 0 Å². The van der Waals surface area contributed by atoms with Gasteiger partial charge in [-0.3, -0.25) is 14.9 Å². The Morgan fingerprint density at radius 3 is 2.56 bits per heavy atom. The van der Waals surface area contributed by atoms with Crippen LogP contribution in [0.5, 0.6) is 5.75 Å². The van der Waals surface area contributed by atoms with E-state index < -0.39 is 0 Å². The third kappa shape index (κ3) is 7.71. The molecule has 0 aliphatic rings. The molecule has 7 nitrogen and oxygen atoms in total. The van der Waals surface area contributed by atoms with Gasteiger partial charge in [-0.05, 0) is 89.0 Å². The van der Waals surface area contributed by atoms with Crippen LogP contribution in [0.25, 0.3) is 0 Å². The highest BCUT2D eigenvalue weighted by Crippen LogP contribution is 2.26. The molecule has 34 heavy (non-hydrogen) atoms. The highest BCUT2D eigenvalue weighted by Gasteiger charge is 2.12. The summed E-state index contributed by atoms with van der Waals surface area (Å²) in [4.78, 5) is 25.0. The van der Waals surface area contributed by atoms with Gasteiger partial charge in [0.15, 0.2) is 5.11 Å². The van der Waals surface area contributed by atoms with Crippen molar-refractivity contribution in [3.8, 4) is 5.75 Å². The van der Waals surface area contributed by atoms with Gasteiger partial charge in [0.2, 0.25) is 0 Å². The van der Waals surface area contributed by atoms with Crippen LogP contribution in [0.2, 0.25) is 0 Å². The van der Waals surface area contributed by atoms with Crippen molar-refractivity contribution in [2.24, 2.45) is 5.92 Å². The molecule has 0 unspecified atom stereocenters. The van der Waals surface area contributed by atoms with Crippen molar-refractivity contribution in [2.45, 2.75) is 26.8 Å². The van der Waals surface area contributed by atoms with Crippen LogP contribution in [0.4, 0.5) is 5.69 Å². The summed E-state index contributed by atoms with van der Waals surface area (Å²) in [6, 6.07) is 15.5. The van der Waals surface area contributed by atoms with Gasteiger partial charge < -0.3 is 19.8 Å². The average molecular weight is 544 g/mol. The van der Waals surface area contributed by atoms with Crippen molar-refractivity contribution in [2.75, 3.05) is 11.9 Å². The molecule has 1 heterocycles. The number of anilines is 1. The Labute approximate surface area is 212 Å². The highest BCUT2D eigenvalue weighted by atomic mass is 79.9. The summed E-state index contributed by atoms with van der Waals surface area (Å²) in [6.45, 7) is 5.16. The van der Waals surface area contributed by atoms with E-state index in [9.17, 15) is 9.59 Å². The molecule has 2 aromatic carbocycles. The van der Waals surface area contributed by atoms with Gasteiger partial charge in [0.25, 0.3) is 11.8 Å². The van der Waals surface area contributed by atoms with Gasteiger partial charge in [-0.1, -0.05) is 19.9 Å². The van der Waals surface area contributed by atoms with Crippen LogP contribution in [-0.4, -0.2) is 23.5 Å². The molecule has 2 amide bonds. The van der Waals surface area contributed by atoms with E-state index in [0.717, 1.165) is 6.42 Å². The molecule has 0 aliphatic carbocycles. The maximum Gasteiger partial charge on any atom is 0.257 e. The monoisotopic (exact) mass is 543 g/mol. The third-order valence-electron chi connectivity index (χ3n) is 4.76. The second-order valence-corrected chi connectivity index (χ2v) is 9.19. The Morgan fingerprint density at radius 2 is 1.85 bits per heavy atom. The molecular formula is C25H26BrN3O4S. The first-order chi connectivity index (χ1) is 16.3. The smallest absolute Gasteiger partial charge is 0.257 e. The molecule has 0 saturated carbocycles. The van der Waals surface area contributed by atoms with Gasteiger partial charge in [-0.25, -0.2) is 0 Å². The molecule has 9 heteroatoms. The van der Waals surface area contributed by atoms with Crippen molar-refractivity contribution in [1.82, 2.24) is 10.6 Å². The Hall–Kier alpha value is -3.17. The molecular weight excluding hydrogens is 518 g/mol. The third-order valence-corrected chi connectivity index (χ3v) is 5.58. The van der Waals surface area contributed by atoms with E-state index in [0.29, 0.717) is 45.3 Å². The maximum atomic E-state index is 12.6. The lowest BCUT2D eigenvalue weighted by molar-refractivity contribution is 0.0946. The number of thiocarbonyl (C=S) groups is 1. The molecule has 0 aliphatic heterocycles. The summed E-state index contributed by atoms with van der Waals surface area (Å²) in [5, 5.41) is 8.49. The SMILES string of the molecule is CC(C)CCOc1ccc(C(=O)NC(=S)Nc2cccc(C(=O)NCc3ccco3)c2)cc1Br. The fraction of sp³-hybridized carbons (Fsp3) is 0.240. The van der Waals surface area contributed by atoms with Crippen LogP contribution in [0.3, 0.4) is 0 Å². The number of furan rings is 1. The van der Waals surface area contributed by atoms with Crippen LogP contribution in [-0.2, 0) is 6.54 Å². The molecule has 0 spiro atoms. The number of carbonyl (C=O) groups excluding carboxylic acids is 2. The van der Waals surface area contributed by atoms with Crippen molar-refractivity contribution >= 4 is 50.8 Å². The van der Waals surface area contributed by atoms with Gasteiger partial charge in [0.05, 0.1) is 23.9 Å². The number of nitrogens with one attached hydrogen (secondary N) is 3. The summed E-state index contributed by atoms with van der Waals surface area (Å²) in [7, 11) is 0. The Kier molecular flexibility index (Phi) is 9.24. The lowest BCUT2D eigenvalue weighted by atomic mass is 10.1. The molecule has 1 aromatic heterocycles. The van der Waals surface area contributed by atoms with Crippen molar-refractivity contribution in [3.05, 3.63) is 82.2 Å². The molecule has 178 valence electrons. The van der Waals surface area contributed by atoms with Crippen LogP contribution in [0.15, 0.2) is 69.8 Å². The topological polar surface area (TPSA) is 92.6 Å². The second-order valence-electron chi connectivity index (χ2n) is 7.93. The van der Waals surface area contributed by atoms with Crippen molar-refractivity contribution in [3.63, 3.8) is 0 Å². The van der Waals surface area contributed by atoms with Crippen molar-refractivity contribution < 1.29 is 18.7 Å². The van der Waals surface area contributed by atoms with E-state index >= 15 is 0 Å². The first-order valence-electron chi connectivity index (χ1n) is 10.8. The number of carbonyl (C=O) groups is 2. The van der Waals surface area contributed by atoms with Gasteiger partial charge in [0.1, 0.15) is 11.5 Å². The first kappa shape index (κ1) is 25.5. The zero-order valence-electron chi connectivity index (χ0n) is 18.9. The number of rotatable bonds is 9. The van der Waals surface area contributed by atoms with E-state index in [1.54, 1.807) is 60.9 Å². The first-order valence-corrected chi connectivity index (χ1v) is 12.0. The lowest BCUT2D eigenvalue weighted by Crippen LogP contribution is -2.34. The molecule has 0 radical (unpaired) electrons. The molecule has 0 bridgehead atoms. The average Bonchev–Trinajstić information content (AvgIpc) is 3.32. The van der Waals surface area contributed by atoms with E-state index in [1.807, 2.05) is 0 Å². The number of hydrogen-bond acceptors (Lipinski definition) is 5. The van der Waals surface area contributed by atoms with Gasteiger partial charge >= 0.3 is 0 Å². The number of ether oxygens (including phenoxy) is 1. The minimum Gasteiger partial charge on any atom is -0.492 e. The highest BCUT2D eigenvalue weighted by molar-refractivity contribution is 9.10. The molecule has 0 saturated heterocycles. The summed E-state index contributed by atoms with van der Waals surface area (Å²) < 4.78 is 11.7. The van der Waals surface area contributed by atoms with Crippen LogP contribution in [0, 0.1) is 5.92 Å². The Bertz CT molecular complexity index is 1150. The predicted molar refractivity (Wildman–Crippen MR) is 139 cm³/mol. The number of halogens is 1. The van der Waals surface area contributed by atoms with Gasteiger partial charge in [0, 0.05) is 16.8 Å². The summed E-state index contributed by atoms with van der Waals surface area (Å²) in [5.74, 6) is 1.28. The largest absolute Gasteiger partial charge is 0.492 e. The van der Waals surface area contributed by atoms with Crippen LogP contribution in [0.1, 0.15) is 46.7 Å². The summed E-state index contributed by atoms with van der Waals surface area (Å²) in [6.07, 6.45) is 2.50. The predicted octanol–water partition coefficient (Wildman–Crippen LogP) is 5.52. The van der Waals surface area contributed by atoms with Gasteiger partial charge in [-0.15, -0.1) is 0 Å². The number of benzene rings is 2. The molecule has 3 N–H and O–H groups in total. The fourth-order valence-corrected chi connectivity index (χ4v) is 3.63. The number of amides is 2.